The lowest BCUT2D eigenvalue weighted by atomic mass is 10.1. The zero-order valence-electron chi connectivity index (χ0n) is 8.10. The van der Waals surface area contributed by atoms with E-state index in [2.05, 4.69) is 17.2 Å². The Morgan fingerprint density at radius 2 is 2.29 bits per heavy atom. The van der Waals surface area contributed by atoms with Gasteiger partial charge in [-0.2, -0.15) is 0 Å². The number of halogens is 1. The molecular weight excluding hydrogens is 196 g/mol. The lowest BCUT2D eigenvalue weighted by Gasteiger charge is -2.28. The second-order valence-corrected chi connectivity index (χ2v) is 4.05. The second-order valence-electron chi connectivity index (χ2n) is 3.61. The van der Waals surface area contributed by atoms with Gasteiger partial charge in [-0.25, -0.2) is 0 Å². The lowest BCUT2D eigenvalue weighted by molar-refractivity contribution is 0.845. The summed E-state index contributed by atoms with van der Waals surface area (Å²) < 4.78 is 0. The van der Waals surface area contributed by atoms with Crippen molar-refractivity contribution >= 4 is 23.0 Å². The second kappa shape index (κ2) is 3.54. The maximum Gasteiger partial charge on any atom is 0.0641 e. The molecule has 74 valence electrons. The van der Waals surface area contributed by atoms with E-state index in [0.717, 1.165) is 28.5 Å². The van der Waals surface area contributed by atoms with E-state index >= 15 is 0 Å². The molecule has 0 aliphatic carbocycles. The van der Waals surface area contributed by atoms with E-state index in [4.69, 9.17) is 11.6 Å². The Balaban J connectivity index is 2.29. The summed E-state index contributed by atoms with van der Waals surface area (Å²) in [5, 5.41) is 7.48. The average molecular weight is 209 g/mol. The molecule has 1 aliphatic rings. The zero-order chi connectivity index (χ0) is 10.1. The summed E-state index contributed by atoms with van der Waals surface area (Å²) in [6, 6.07) is 6.09. The van der Waals surface area contributed by atoms with Crippen molar-refractivity contribution in [2.75, 3.05) is 17.2 Å². The predicted octanol–water partition coefficient (Wildman–Crippen LogP) is 3.12. The van der Waals surface area contributed by atoms with Gasteiger partial charge in [0.05, 0.1) is 17.4 Å². The van der Waals surface area contributed by atoms with Gasteiger partial charge in [-0.3, -0.25) is 0 Å². The topological polar surface area (TPSA) is 24.1 Å². The molecule has 0 fully saturated rings. The summed E-state index contributed by atoms with van der Waals surface area (Å²) in [6.07, 6.45) is 0. The van der Waals surface area contributed by atoms with Crippen molar-refractivity contribution in [2.24, 2.45) is 0 Å². The summed E-state index contributed by atoms with van der Waals surface area (Å²) in [6.45, 7) is 6.84. The van der Waals surface area contributed by atoms with Crippen LogP contribution in [-0.2, 0) is 0 Å². The Morgan fingerprint density at radius 3 is 3.00 bits per heavy atom. The molecule has 0 bridgehead atoms. The average Bonchev–Trinajstić information content (AvgIpc) is 2.16. The van der Waals surface area contributed by atoms with Gasteiger partial charge in [0, 0.05) is 11.6 Å². The molecule has 0 spiro atoms. The summed E-state index contributed by atoms with van der Waals surface area (Å²) in [5.41, 5.74) is 3.28. The number of hydrogen-bond acceptors (Lipinski definition) is 2. The quantitative estimate of drug-likeness (QED) is 0.693. The third kappa shape index (κ3) is 1.70. The molecule has 0 amide bonds. The largest absolute Gasteiger partial charge is 0.381 e. The highest BCUT2D eigenvalue weighted by Gasteiger charge is 2.17. The minimum Gasteiger partial charge on any atom is -0.381 e. The molecule has 0 aromatic heterocycles. The van der Waals surface area contributed by atoms with Gasteiger partial charge in [0.2, 0.25) is 0 Å². The van der Waals surface area contributed by atoms with Crippen molar-refractivity contribution < 1.29 is 0 Å². The van der Waals surface area contributed by atoms with Crippen molar-refractivity contribution in [3.63, 3.8) is 0 Å². The normalized spacial score (nSPS) is 19.1. The van der Waals surface area contributed by atoms with E-state index in [0.29, 0.717) is 6.04 Å². The zero-order valence-corrected chi connectivity index (χ0v) is 8.86. The summed E-state index contributed by atoms with van der Waals surface area (Å²) in [4.78, 5) is 0. The first-order chi connectivity index (χ1) is 6.66. The van der Waals surface area contributed by atoms with E-state index in [9.17, 15) is 0 Å². The molecule has 0 radical (unpaired) electrons. The minimum atomic E-state index is 0.293. The van der Waals surface area contributed by atoms with Gasteiger partial charge < -0.3 is 10.6 Å². The molecule has 3 heteroatoms. The molecule has 14 heavy (non-hydrogen) atoms. The molecule has 1 unspecified atom stereocenters. The van der Waals surface area contributed by atoms with E-state index < -0.39 is 0 Å². The number of benzene rings is 1. The standard InChI is InChI=1S/C11H13ClN2/c1-7(2)11-6-13-9-4-3-8(12)5-10(9)14-11/h3-5,11,13-14H,1,6H2,2H3. The minimum absolute atomic E-state index is 0.293. The van der Waals surface area contributed by atoms with Crippen LogP contribution in [0.3, 0.4) is 0 Å². The summed E-state index contributed by atoms with van der Waals surface area (Å²) >= 11 is 5.91. The molecule has 1 aromatic carbocycles. The Bertz CT molecular complexity index is 374. The maximum absolute atomic E-state index is 5.91. The predicted molar refractivity (Wildman–Crippen MR) is 62.2 cm³/mol. The van der Waals surface area contributed by atoms with E-state index in [1.807, 2.05) is 25.1 Å². The Labute approximate surface area is 89.0 Å². The molecule has 0 saturated heterocycles. The van der Waals surface area contributed by atoms with Crippen LogP contribution in [0.15, 0.2) is 30.4 Å². The third-order valence-corrected chi connectivity index (χ3v) is 2.64. The number of fused-ring (bicyclic) bond motifs is 1. The first-order valence-electron chi connectivity index (χ1n) is 4.62. The highest BCUT2D eigenvalue weighted by atomic mass is 35.5. The van der Waals surface area contributed by atoms with Crippen LogP contribution in [0.1, 0.15) is 6.92 Å². The molecule has 0 saturated carbocycles. The Morgan fingerprint density at radius 1 is 1.50 bits per heavy atom. The van der Waals surface area contributed by atoms with Gasteiger partial charge in [-0.1, -0.05) is 23.8 Å². The van der Waals surface area contributed by atoms with Gasteiger partial charge in [0.1, 0.15) is 0 Å². The van der Waals surface area contributed by atoms with Gasteiger partial charge >= 0.3 is 0 Å². The maximum atomic E-state index is 5.91. The molecule has 2 nitrogen and oxygen atoms in total. The van der Waals surface area contributed by atoms with Gasteiger partial charge in [-0.15, -0.1) is 0 Å². The van der Waals surface area contributed by atoms with Crippen LogP contribution in [0.2, 0.25) is 5.02 Å². The fourth-order valence-corrected chi connectivity index (χ4v) is 1.71. The number of anilines is 2. The molecule has 2 rings (SSSR count). The SMILES string of the molecule is C=C(C)C1CNc2ccc(Cl)cc2N1. The highest BCUT2D eigenvalue weighted by molar-refractivity contribution is 6.31. The van der Waals surface area contributed by atoms with Crippen LogP contribution < -0.4 is 10.6 Å². The molecule has 2 N–H and O–H groups in total. The first kappa shape index (κ1) is 9.41. The Hall–Kier alpha value is -1.15. The van der Waals surface area contributed by atoms with Crippen molar-refractivity contribution in [1.29, 1.82) is 0 Å². The molecule has 1 aliphatic heterocycles. The highest BCUT2D eigenvalue weighted by Crippen LogP contribution is 2.30. The monoisotopic (exact) mass is 208 g/mol. The van der Waals surface area contributed by atoms with Crippen LogP contribution in [0.25, 0.3) is 0 Å². The van der Waals surface area contributed by atoms with Crippen molar-refractivity contribution in [1.82, 2.24) is 0 Å². The molecule has 1 heterocycles. The fraction of sp³-hybridized carbons (Fsp3) is 0.273. The van der Waals surface area contributed by atoms with Crippen LogP contribution >= 0.6 is 11.6 Å². The molecule has 1 aromatic rings. The smallest absolute Gasteiger partial charge is 0.0641 e. The lowest BCUT2D eigenvalue weighted by Crippen LogP contribution is -2.33. The van der Waals surface area contributed by atoms with Crippen LogP contribution in [0, 0.1) is 0 Å². The summed E-state index contributed by atoms with van der Waals surface area (Å²) in [5.74, 6) is 0. The molecule has 1 atom stereocenters. The summed E-state index contributed by atoms with van der Waals surface area (Å²) in [7, 11) is 0. The third-order valence-electron chi connectivity index (χ3n) is 2.40. The number of rotatable bonds is 1. The fourth-order valence-electron chi connectivity index (χ4n) is 1.54. The first-order valence-corrected chi connectivity index (χ1v) is 5.00. The van der Waals surface area contributed by atoms with E-state index in [-0.39, 0.29) is 0 Å². The molecular formula is C11H13ClN2. The van der Waals surface area contributed by atoms with Gasteiger partial charge in [0.15, 0.2) is 0 Å². The van der Waals surface area contributed by atoms with Crippen LogP contribution in [0.5, 0.6) is 0 Å². The van der Waals surface area contributed by atoms with Gasteiger partial charge in [-0.05, 0) is 25.1 Å². The van der Waals surface area contributed by atoms with Gasteiger partial charge in [0.25, 0.3) is 0 Å². The van der Waals surface area contributed by atoms with Crippen molar-refractivity contribution in [3.05, 3.63) is 35.4 Å². The van der Waals surface area contributed by atoms with Crippen molar-refractivity contribution in [2.45, 2.75) is 13.0 Å². The van der Waals surface area contributed by atoms with Crippen LogP contribution in [-0.4, -0.2) is 12.6 Å². The van der Waals surface area contributed by atoms with E-state index in [1.165, 1.54) is 0 Å². The van der Waals surface area contributed by atoms with Crippen LogP contribution in [0.4, 0.5) is 11.4 Å². The van der Waals surface area contributed by atoms with Crippen molar-refractivity contribution in [3.8, 4) is 0 Å². The number of hydrogen-bond donors (Lipinski definition) is 2. The Kier molecular flexibility index (Phi) is 2.38. The van der Waals surface area contributed by atoms with E-state index in [1.54, 1.807) is 0 Å². The number of nitrogens with one attached hydrogen (secondary N) is 2.